The van der Waals surface area contributed by atoms with Gasteiger partial charge in [0.05, 0.1) is 32.5 Å². The number of rotatable bonds is 6. The molecule has 2 rings (SSSR count). The molecule has 120 valence electrons. The van der Waals surface area contributed by atoms with Crippen LogP contribution < -0.4 is 9.47 Å². The Labute approximate surface area is 129 Å². The first kappa shape index (κ1) is 16.3. The monoisotopic (exact) mass is 308 g/mol. The van der Waals surface area contributed by atoms with E-state index in [1.54, 1.807) is 19.1 Å². The number of hydrogen-bond donors (Lipinski definition) is 0. The SMILES string of the molecule is CCOC(=O)C(=O)c1cccc(OC)c1OC1CCOCC1. The molecule has 6 nitrogen and oxygen atoms in total. The third-order valence-electron chi connectivity index (χ3n) is 3.36. The second-order valence-electron chi connectivity index (χ2n) is 4.82. The number of Topliss-reactive ketones (excluding diaryl/α,β-unsaturated/α-hetero) is 1. The maximum Gasteiger partial charge on any atom is 0.379 e. The lowest BCUT2D eigenvalue weighted by molar-refractivity contribution is -0.137. The van der Waals surface area contributed by atoms with E-state index in [-0.39, 0.29) is 24.0 Å². The van der Waals surface area contributed by atoms with E-state index in [4.69, 9.17) is 18.9 Å². The molecule has 1 aliphatic heterocycles. The van der Waals surface area contributed by atoms with Crippen molar-refractivity contribution in [2.45, 2.75) is 25.9 Å². The van der Waals surface area contributed by atoms with Crippen LogP contribution in [-0.4, -0.2) is 44.8 Å². The number of ether oxygens (including phenoxy) is 4. The first-order valence-electron chi connectivity index (χ1n) is 7.30. The fraction of sp³-hybridized carbons (Fsp3) is 0.500. The Kier molecular flexibility index (Phi) is 5.77. The highest BCUT2D eigenvalue weighted by atomic mass is 16.5. The van der Waals surface area contributed by atoms with E-state index in [0.29, 0.717) is 19.0 Å². The molecule has 1 aromatic carbocycles. The molecule has 1 fully saturated rings. The van der Waals surface area contributed by atoms with E-state index in [2.05, 4.69) is 0 Å². The molecule has 0 radical (unpaired) electrons. The Morgan fingerprint density at radius 1 is 1.27 bits per heavy atom. The molecule has 0 atom stereocenters. The molecule has 0 bridgehead atoms. The van der Waals surface area contributed by atoms with Crippen LogP contribution in [0.25, 0.3) is 0 Å². The summed E-state index contributed by atoms with van der Waals surface area (Å²) in [4.78, 5) is 23.9. The maximum absolute atomic E-state index is 12.2. The summed E-state index contributed by atoms with van der Waals surface area (Å²) >= 11 is 0. The van der Waals surface area contributed by atoms with Crippen molar-refractivity contribution in [2.75, 3.05) is 26.9 Å². The molecule has 0 spiro atoms. The van der Waals surface area contributed by atoms with Crippen molar-refractivity contribution >= 4 is 11.8 Å². The highest BCUT2D eigenvalue weighted by molar-refractivity contribution is 6.41. The van der Waals surface area contributed by atoms with Crippen LogP contribution in [0.5, 0.6) is 11.5 Å². The Morgan fingerprint density at radius 2 is 2.00 bits per heavy atom. The average Bonchev–Trinajstić information content (AvgIpc) is 2.55. The van der Waals surface area contributed by atoms with Crippen molar-refractivity contribution in [3.8, 4) is 11.5 Å². The summed E-state index contributed by atoms with van der Waals surface area (Å²) < 4.78 is 21.2. The summed E-state index contributed by atoms with van der Waals surface area (Å²) in [6.45, 7) is 3.02. The van der Waals surface area contributed by atoms with Gasteiger partial charge in [-0.05, 0) is 19.1 Å². The minimum atomic E-state index is -0.896. The van der Waals surface area contributed by atoms with Gasteiger partial charge in [0.15, 0.2) is 11.5 Å². The summed E-state index contributed by atoms with van der Waals surface area (Å²) in [5.41, 5.74) is 0.157. The van der Waals surface area contributed by atoms with Crippen LogP contribution in [0.3, 0.4) is 0 Å². The average molecular weight is 308 g/mol. The van der Waals surface area contributed by atoms with Gasteiger partial charge in [-0.25, -0.2) is 4.79 Å². The summed E-state index contributed by atoms with van der Waals surface area (Å²) in [5.74, 6) is -0.924. The number of para-hydroxylation sites is 1. The maximum atomic E-state index is 12.2. The van der Waals surface area contributed by atoms with Crippen LogP contribution >= 0.6 is 0 Å². The van der Waals surface area contributed by atoms with Gasteiger partial charge >= 0.3 is 5.97 Å². The summed E-state index contributed by atoms with van der Waals surface area (Å²) in [5, 5.41) is 0. The minimum absolute atomic E-state index is 0.0706. The lowest BCUT2D eigenvalue weighted by Gasteiger charge is -2.25. The molecule has 22 heavy (non-hydrogen) atoms. The normalized spacial score (nSPS) is 15.2. The standard InChI is InChI=1S/C16H20O6/c1-3-21-16(18)14(17)12-5-4-6-13(19-2)15(12)22-11-7-9-20-10-8-11/h4-6,11H,3,7-10H2,1-2H3. The highest BCUT2D eigenvalue weighted by Gasteiger charge is 2.26. The highest BCUT2D eigenvalue weighted by Crippen LogP contribution is 2.33. The van der Waals surface area contributed by atoms with E-state index in [9.17, 15) is 9.59 Å². The number of ketones is 1. The van der Waals surface area contributed by atoms with E-state index in [1.165, 1.54) is 13.2 Å². The van der Waals surface area contributed by atoms with Crippen LogP contribution in [0, 0.1) is 0 Å². The van der Waals surface area contributed by atoms with Crippen LogP contribution in [0.2, 0.25) is 0 Å². The molecule has 1 heterocycles. The lowest BCUT2D eigenvalue weighted by atomic mass is 10.1. The van der Waals surface area contributed by atoms with E-state index in [0.717, 1.165) is 12.8 Å². The molecule has 1 saturated heterocycles. The van der Waals surface area contributed by atoms with Crippen molar-refractivity contribution in [3.63, 3.8) is 0 Å². The van der Waals surface area contributed by atoms with Crippen molar-refractivity contribution in [1.29, 1.82) is 0 Å². The summed E-state index contributed by atoms with van der Waals surface area (Å²) in [7, 11) is 1.49. The molecule has 0 aromatic heterocycles. The fourth-order valence-electron chi connectivity index (χ4n) is 2.24. The molecule has 0 amide bonds. The number of benzene rings is 1. The Bertz CT molecular complexity index is 533. The minimum Gasteiger partial charge on any atom is -0.493 e. The number of methoxy groups -OCH3 is 1. The zero-order valence-electron chi connectivity index (χ0n) is 12.8. The van der Waals surface area contributed by atoms with Gasteiger partial charge in [-0.2, -0.15) is 0 Å². The van der Waals surface area contributed by atoms with Crippen molar-refractivity contribution < 1.29 is 28.5 Å². The number of hydrogen-bond acceptors (Lipinski definition) is 6. The zero-order valence-corrected chi connectivity index (χ0v) is 12.8. The zero-order chi connectivity index (χ0) is 15.9. The molecule has 0 N–H and O–H groups in total. The quantitative estimate of drug-likeness (QED) is 0.455. The van der Waals surface area contributed by atoms with Crippen LogP contribution in [0.4, 0.5) is 0 Å². The predicted octanol–water partition coefficient (Wildman–Crippen LogP) is 2.00. The van der Waals surface area contributed by atoms with Crippen LogP contribution in [0.1, 0.15) is 30.1 Å². The Hall–Kier alpha value is -2.08. The van der Waals surface area contributed by atoms with Gasteiger partial charge in [-0.15, -0.1) is 0 Å². The third-order valence-corrected chi connectivity index (χ3v) is 3.36. The van der Waals surface area contributed by atoms with Crippen molar-refractivity contribution in [3.05, 3.63) is 23.8 Å². The molecular weight excluding hydrogens is 288 g/mol. The predicted molar refractivity (Wildman–Crippen MR) is 78.4 cm³/mol. The second-order valence-corrected chi connectivity index (χ2v) is 4.82. The van der Waals surface area contributed by atoms with Gasteiger partial charge in [0.2, 0.25) is 0 Å². The number of carbonyl (C=O) groups excluding carboxylic acids is 2. The largest absolute Gasteiger partial charge is 0.493 e. The van der Waals surface area contributed by atoms with Crippen molar-refractivity contribution in [1.82, 2.24) is 0 Å². The van der Waals surface area contributed by atoms with Crippen LogP contribution in [0.15, 0.2) is 18.2 Å². The van der Waals surface area contributed by atoms with E-state index in [1.807, 2.05) is 0 Å². The van der Waals surface area contributed by atoms with Gasteiger partial charge in [-0.1, -0.05) is 6.07 Å². The molecule has 1 aromatic rings. The molecule has 0 unspecified atom stereocenters. The lowest BCUT2D eigenvalue weighted by Crippen LogP contribution is -2.27. The molecule has 1 aliphatic rings. The molecule has 0 saturated carbocycles. The van der Waals surface area contributed by atoms with Gasteiger partial charge in [0, 0.05) is 12.8 Å². The Balaban J connectivity index is 2.28. The van der Waals surface area contributed by atoms with Crippen LogP contribution in [-0.2, 0) is 14.3 Å². The summed E-state index contributed by atoms with van der Waals surface area (Å²) in [6.07, 6.45) is 1.38. The number of esters is 1. The summed E-state index contributed by atoms with van der Waals surface area (Å²) in [6, 6.07) is 4.87. The van der Waals surface area contributed by atoms with Gasteiger partial charge in [-0.3, -0.25) is 4.79 Å². The van der Waals surface area contributed by atoms with E-state index < -0.39 is 11.8 Å². The third kappa shape index (κ3) is 3.76. The van der Waals surface area contributed by atoms with E-state index >= 15 is 0 Å². The smallest absolute Gasteiger partial charge is 0.379 e. The molecule has 6 heteroatoms. The topological polar surface area (TPSA) is 71.1 Å². The van der Waals surface area contributed by atoms with Crippen molar-refractivity contribution in [2.24, 2.45) is 0 Å². The Morgan fingerprint density at radius 3 is 2.64 bits per heavy atom. The second kappa shape index (κ2) is 7.79. The van der Waals surface area contributed by atoms with Gasteiger partial charge in [0.1, 0.15) is 6.10 Å². The fourth-order valence-corrected chi connectivity index (χ4v) is 2.24. The number of carbonyl (C=O) groups is 2. The molecule has 0 aliphatic carbocycles. The first-order chi connectivity index (χ1) is 10.7. The first-order valence-corrected chi connectivity index (χ1v) is 7.30. The molecular formula is C16H20O6. The van der Waals surface area contributed by atoms with Gasteiger partial charge in [0.25, 0.3) is 5.78 Å². The van der Waals surface area contributed by atoms with Gasteiger partial charge < -0.3 is 18.9 Å².